The third-order valence-electron chi connectivity index (χ3n) is 4.46. The molecule has 0 N–H and O–H groups in total. The first kappa shape index (κ1) is 18.7. The van der Waals surface area contributed by atoms with Gasteiger partial charge in [0.25, 0.3) is 0 Å². The maximum atomic E-state index is 13.0. The molecule has 1 aliphatic heterocycles. The fraction of sp³-hybridized carbons (Fsp3) is 0.278. The number of benzene rings is 1. The van der Waals surface area contributed by atoms with Crippen molar-refractivity contribution in [1.29, 1.82) is 0 Å². The van der Waals surface area contributed by atoms with Crippen LogP contribution in [-0.2, 0) is 22.1 Å². The maximum Gasteiger partial charge on any atom is 0.224 e. The van der Waals surface area contributed by atoms with Crippen LogP contribution in [0, 0.1) is 6.92 Å². The van der Waals surface area contributed by atoms with Gasteiger partial charge in [0.1, 0.15) is 23.1 Å². The van der Waals surface area contributed by atoms with Gasteiger partial charge in [0.05, 0.1) is 25.0 Å². The SMILES string of the molecule is COc1ccc(Cl)cc1S(=O)(=O)Cc1cnc2c(c1)-c1nnc(C)n1CCO2. The van der Waals surface area contributed by atoms with Crippen molar-refractivity contribution in [3.8, 4) is 23.0 Å². The predicted molar refractivity (Wildman–Crippen MR) is 102 cm³/mol. The molecule has 3 aromatic rings. The number of fused-ring (bicyclic) bond motifs is 3. The molecule has 0 bridgehead atoms. The molecule has 2 aromatic heterocycles. The standard InChI is InChI=1S/C18H17ClN4O4S/c1-11-21-22-17-14-7-12(9-20-18(14)27-6-5-23(11)17)10-28(24,25)16-8-13(19)3-4-15(16)26-2/h3-4,7-9H,5-6,10H2,1-2H3. The van der Waals surface area contributed by atoms with Crippen LogP contribution in [0.2, 0.25) is 5.02 Å². The zero-order valence-electron chi connectivity index (χ0n) is 15.2. The molecule has 0 fully saturated rings. The zero-order valence-corrected chi connectivity index (χ0v) is 16.8. The van der Waals surface area contributed by atoms with Gasteiger partial charge >= 0.3 is 0 Å². The second kappa shape index (κ2) is 7.06. The molecule has 0 radical (unpaired) electrons. The molecule has 3 heterocycles. The number of nitrogens with zero attached hydrogens (tertiary/aromatic N) is 4. The monoisotopic (exact) mass is 420 g/mol. The number of hydrogen-bond acceptors (Lipinski definition) is 7. The Hall–Kier alpha value is -2.65. The molecular weight excluding hydrogens is 404 g/mol. The summed E-state index contributed by atoms with van der Waals surface area (Å²) in [6, 6.07) is 6.22. The van der Waals surface area contributed by atoms with Gasteiger partial charge in [-0.1, -0.05) is 11.6 Å². The maximum absolute atomic E-state index is 13.0. The van der Waals surface area contributed by atoms with E-state index >= 15 is 0 Å². The van der Waals surface area contributed by atoms with Gasteiger partial charge < -0.3 is 14.0 Å². The van der Waals surface area contributed by atoms with Gasteiger partial charge in [-0.15, -0.1) is 10.2 Å². The number of pyridine rings is 1. The second-order valence-corrected chi connectivity index (χ2v) is 8.72. The van der Waals surface area contributed by atoms with Crippen LogP contribution >= 0.6 is 11.6 Å². The van der Waals surface area contributed by atoms with Crippen molar-refractivity contribution in [2.24, 2.45) is 0 Å². The van der Waals surface area contributed by atoms with Crippen molar-refractivity contribution in [3.63, 3.8) is 0 Å². The molecule has 0 amide bonds. The van der Waals surface area contributed by atoms with E-state index in [0.717, 1.165) is 5.82 Å². The van der Waals surface area contributed by atoms with E-state index in [1.54, 1.807) is 12.1 Å². The summed E-state index contributed by atoms with van der Waals surface area (Å²) in [6.07, 6.45) is 1.49. The molecule has 0 saturated carbocycles. The number of methoxy groups -OCH3 is 1. The average Bonchev–Trinajstić information content (AvgIpc) is 2.92. The first-order chi connectivity index (χ1) is 13.4. The summed E-state index contributed by atoms with van der Waals surface area (Å²) >= 11 is 5.99. The lowest BCUT2D eigenvalue weighted by Crippen LogP contribution is -2.08. The second-order valence-electron chi connectivity index (χ2n) is 6.32. The van der Waals surface area contributed by atoms with Gasteiger partial charge in [-0.05, 0) is 36.8 Å². The van der Waals surface area contributed by atoms with Gasteiger partial charge in [0.15, 0.2) is 15.7 Å². The van der Waals surface area contributed by atoms with Gasteiger partial charge in [0.2, 0.25) is 5.88 Å². The number of ether oxygens (including phenoxy) is 2. The Bertz CT molecular complexity index is 1160. The summed E-state index contributed by atoms with van der Waals surface area (Å²) in [5, 5.41) is 8.62. The lowest BCUT2D eigenvalue weighted by Gasteiger charge is -2.11. The molecule has 1 aromatic carbocycles. The fourth-order valence-electron chi connectivity index (χ4n) is 3.12. The van der Waals surface area contributed by atoms with Gasteiger partial charge in [-0.3, -0.25) is 0 Å². The van der Waals surface area contributed by atoms with Crippen LogP contribution in [0.5, 0.6) is 11.6 Å². The summed E-state index contributed by atoms with van der Waals surface area (Å²) in [7, 11) is -2.30. The molecule has 0 atom stereocenters. The summed E-state index contributed by atoms with van der Waals surface area (Å²) in [5.41, 5.74) is 1.11. The quantitative estimate of drug-likeness (QED) is 0.640. The molecular formula is C18H17ClN4O4S. The normalized spacial score (nSPS) is 13.2. The zero-order chi connectivity index (χ0) is 19.9. The Morgan fingerprint density at radius 1 is 1.29 bits per heavy atom. The number of aromatic nitrogens is 4. The molecule has 0 unspecified atom stereocenters. The number of sulfone groups is 1. The first-order valence-corrected chi connectivity index (χ1v) is 10.5. The lowest BCUT2D eigenvalue weighted by molar-refractivity contribution is 0.294. The molecule has 0 spiro atoms. The number of halogens is 1. The van der Waals surface area contributed by atoms with Gasteiger partial charge in [0, 0.05) is 11.2 Å². The average molecular weight is 421 g/mol. The molecule has 0 saturated heterocycles. The summed E-state index contributed by atoms with van der Waals surface area (Å²) < 4.78 is 38.8. The van der Waals surface area contributed by atoms with Crippen LogP contribution in [0.1, 0.15) is 11.4 Å². The Kier molecular flexibility index (Phi) is 4.72. The van der Waals surface area contributed by atoms with Crippen LogP contribution in [0.25, 0.3) is 11.4 Å². The smallest absolute Gasteiger partial charge is 0.224 e. The van der Waals surface area contributed by atoms with E-state index in [1.165, 1.54) is 25.4 Å². The first-order valence-electron chi connectivity index (χ1n) is 8.47. The highest BCUT2D eigenvalue weighted by Crippen LogP contribution is 2.33. The van der Waals surface area contributed by atoms with Crippen LogP contribution in [0.15, 0.2) is 35.4 Å². The van der Waals surface area contributed by atoms with Crippen molar-refractivity contribution in [2.45, 2.75) is 24.1 Å². The third-order valence-corrected chi connectivity index (χ3v) is 6.39. The van der Waals surface area contributed by atoms with Crippen LogP contribution in [-0.4, -0.2) is 41.9 Å². The highest BCUT2D eigenvalue weighted by atomic mass is 35.5. The van der Waals surface area contributed by atoms with E-state index in [-0.39, 0.29) is 16.4 Å². The summed E-state index contributed by atoms with van der Waals surface area (Å²) in [6.45, 7) is 2.88. The molecule has 146 valence electrons. The lowest BCUT2D eigenvalue weighted by atomic mass is 10.2. The van der Waals surface area contributed by atoms with Crippen LogP contribution in [0.3, 0.4) is 0 Å². The van der Waals surface area contributed by atoms with Gasteiger partial charge in [-0.2, -0.15) is 0 Å². The predicted octanol–water partition coefficient (Wildman–Crippen LogP) is 2.68. The van der Waals surface area contributed by atoms with E-state index in [0.29, 0.717) is 41.0 Å². The molecule has 28 heavy (non-hydrogen) atoms. The highest BCUT2D eigenvalue weighted by molar-refractivity contribution is 7.90. The number of aryl methyl sites for hydroxylation is 1. The van der Waals surface area contributed by atoms with E-state index in [2.05, 4.69) is 15.2 Å². The molecule has 1 aliphatic rings. The molecule has 4 rings (SSSR count). The summed E-state index contributed by atoms with van der Waals surface area (Å²) in [4.78, 5) is 4.34. The van der Waals surface area contributed by atoms with E-state index in [1.807, 2.05) is 11.5 Å². The topological polar surface area (TPSA) is 96.2 Å². The van der Waals surface area contributed by atoms with Crippen molar-refractivity contribution in [1.82, 2.24) is 19.7 Å². The third kappa shape index (κ3) is 3.31. The van der Waals surface area contributed by atoms with E-state index in [4.69, 9.17) is 21.1 Å². The number of rotatable bonds is 4. The van der Waals surface area contributed by atoms with Crippen molar-refractivity contribution >= 4 is 21.4 Å². The Labute approximate surface area is 167 Å². The Balaban J connectivity index is 1.75. The minimum atomic E-state index is -3.72. The highest BCUT2D eigenvalue weighted by Gasteiger charge is 2.24. The van der Waals surface area contributed by atoms with Crippen molar-refractivity contribution in [3.05, 3.63) is 46.9 Å². The molecule has 10 heteroatoms. The summed E-state index contributed by atoms with van der Waals surface area (Å²) in [5.74, 6) is 1.75. The van der Waals surface area contributed by atoms with Crippen LogP contribution < -0.4 is 9.47 Å². The Morgan fingerprint density at radius 3 is 2.89 bits per heavy atom. The van der Waals surface area contributed by atoms with Crippen LogP contribution in [0.4, 0.5) is 0 Å². The molecule has 0 aliphatic carbocycles. The number of hydrogen-bond donors (Lipinski definition) is 0. The van der Waals surface area contributed by atoms with E-state index < -0.39 is 9.84 Å². The Morgan fingerprint density at radius 2 is 2.11 bits per heavy atom. The minimum Gasteiger partial charge on any atom is -0.495 e. The van der Waals surface area contributed by atoms with Crippen molar-refractivity contribution < 1.29 is 17.9 Å². The van der Waals surface area contributed by atoms with Crippen molar-refractivity contribution in [2.75, 3.05) is 13.7 Å². The van der Waals surface area contributed by atoms with E-state index in [9.17, 15) is 8.42 Å². The minimum absolute atomic E-state index is 0.0349. The molecule has 8 nitrogen and oxygen atoms in total. The largest absolute Gasteiger partial charge is 0.495 e. The van der Waals surface area contributed by atoms with Gasteiger partial charge in [-0.25, -0.2) is 13.4 Å². The fourth-order valence-corrected chi connectivity index (χ4v) is 4.88.